The lowest BCUT2D eigenvalue weighted by atomic mass is 10.1. The molecule has 0 aliphatic rings. The first kappa shape index (κ1) is 13.1. The number of nitrogens with zero attached hydrogens (tertiary/aromatic N) is 2. The number of nitrogen functional groups attached to an aromatic ring is 1. The largest absolute Gasteiger partial charge is 0.396 e. The Labute approximate surface area is 112 Å². The molecule has 1 heterocycles. The molecule has 0 saturated heterocycles. The van der Waals surface area contributed by atoms with Gasteiger partial charge in [0.25, 0.3) is 0 Å². The summed E-state index contributed by atoms with van der Waals surface area (Å²) < 4.78 is 1.51. The second-order valence-electron chi connectivity index (χ2n) is 4.47. The van der Waals surface area contributed by atoms with Crippen LogP contribution in [0, 0.1) is 0 Å². The van der Waals surface area contributed by atoms with Gasteiger partial charge in [-0.2, -0.15) is 5.10 Å². The van der Waals surface area contributed by atoms with Crippen LogP contribution in [0.2, 0.25) is 0 Å². The molecule has 0 aliphatic heterocycles. The van der Waals surface area contributed by atoms with Gasteiger partial charge >= 0.3 is 0 Å². The standard InChI is InChI=1S/C14H18N4O/c1-2-3-11-4-6-13(7-5-11)17-14(19)10-18-9-12(15)8-16-18/h4-9H,2-3,10,15H2,1H3,(H,17,19). The van der Waals surface area contributed by atoms with E-state index in [1.54, 1.807) is 6.20 Å². The lowest BCUT2D eigenvalue weighted by molar-refractivity contribution is -0.116. The van der Waals surface area contributed by atoms with E-state index in [1.165, 1.54) is 16.4 Å². The van der Waals surface area contributed by atoms with E-state index in [-0.39, 0.29) is 12.5 Å². The summed E-state index contributed by atoms with van der Waals surface area (Å²) in [6, 6.07) is 7.90. The summed E-state index contributed by atoms with van der Waals surface area (Å²) >= 11 is 0. The Bertz CT molecular complexity index is 545. The second-order valence-corrected chi connectivity index (χ2v) is 4.47. The molecule has 1 aromatic carbocycles. The monoisotopic (exact) mass is 258 g/mol. The Kier molecular flexibility index (Phi) is 4.18. The first-order valence-corrected chi connectivity index (χ1v) is 6.34. The molecule has 3 N–H and O–H groups in total. The molecule has 0 bridgehead atoms. The van der Waals surface area contributed by atoms with E-state index < -0.39 is 0 Å². The average Bonchev–Trinajstić information content (AvgIpc) is 2.77. The van der Waals surface area contributed by atoms with Gasteiger partial charge in [-0.3, -0.25) is 9.48 Å². The van der Waals surface area contributed by atoms with E-state index in [1.807, 2.05) is 24.3 Å². The molecule has 5 heteroatoms. The van der Waals surface area contributed by atoms with Crippen molar-refractivity contribution in [3.8, 4) is 0 Å². The molecule has 5 nitrogen and oxygen atoms in total. The van der Waals surface area contributed by atoms with Crippen molar-refractivity contribution in [2.75, 3.05) is 11.1 Å². The summed E-state index contributed by atoms with van der Waals surface area (Å²) in [4.78, 5) is 11.8. The van der Waals surface area contributed by atoms with Crippen LogP contribution in [-0.4, -0.2) is 15.7 Å². The predicted octanol–water partition coefficient (Wildman–Crippen LogP) is 2.06. The van der Waals surface area contributed by atoms with Crippen molar-refractivity contribution in [2.24, 2.45) is 0 Å². The van der Waals surface area contributed by atoms with Crippen LogP contribution in [-0.2, 0) is 17.8 Å². The highest BCUT2D eigenvalue weighted by Crippen LogP contribution is 2.11. The topological polar surface area (TPSA) is 72.9 Å². The number of carbonyl (C=O) groups is 1. The van der Waals surface area contributed by atoms with Crippen molar-refractivity contribution < 1.29 is 4.79 Å². The number of rotatable bonds is 5. The smallest absolute Gasteiger partial charge is 0.246 e. The van der Waals surface area contributed by atoms with Gasteiger partial charge < -0.3 is 11.1 Å². The van der Waals surface area contributed by atoms with Gasteiger partial charge in [-0.05, 0) is 24.1 Å². The molecule has 0 fully saturated rings. The van der Waals surface area contributed by atoms with Gasteiger partial charge in [0.1, 0.15) is 6.54 Å². The second kappa shape index (κ2) is 6.04. The minimum absolute atomic E-state index is 0.119. The number of nitrogens with two attached hydrogens (primary N) is 1. The number of nitrogens with one attached hydrogen (secondary N) is 1. The van der Waals surface area contributed by atoms with Crippen molar-refractivity contribution in [2.45, 2.75) is 26.3 Å². The number of benzene rings is 1. The Morgan fingerprint density at radius 1 is 1.37 bits per heavy atom. The predicted molar refractivity (Wildman–Crippen MR) is 75.7 cm³/mol. The lowest BCUT2D eigenvalue weighted by Gasteiger charge is -2.06. The van der Waals surface area contributed by atoms with Crippen LogP contribution in [0.25, 0.3) is 0 Å². The fourth-order valence-corrected chi connectivity index (χ4v) is 1.86. The fraction of sp³-hybridized carbons (Fsp3) is 0.286. The highest BCUT2D eigenvalue weighted by molar-refractivity contribution is 5.90. The maximum atomic E-state index is 11.8. The zero-order chi connectivity index (χ0) is 13.7. The number of carbonyl (C=O) groups excluding carboxylic acids is 1. The van der Waals surface area contributed by atoms with E-state index in [4.69, 9.17) is 5.73 Å². The molecule has 0 saturated carbocycles. The van der Waals surface area contributed by atoms with Crippen molar-refractivity contribution >= 4 is 17.3 Å². The minimum atomic E-state index is -0.119. The Hall–Kier alpha value is -2.30. The number of aromatic nitrogens is 2. The molecule has 0 spiro atoms. The first-order chi connectivity index (χ1) is 9.17. The van der Waals surface area contributed by atoms with Crippen LogP contribution in [0.3, 0.4) is 0 Å². The summed E-state index contributed by atoms with van der Waals surface area (Å²) in [5.74, 6) is -0.119. The molecule has 2 aromatic rings. The van der Waals surface area contributed by atoms with Crippen LogP contribution in [0.4, 0.5) is 11.4 Å². The molecular formula is C14H18N4O. The number of hydrogen-bond acceptors (Lipinski definition) is 3. The summed E-state index contributed by atoms with van der Waals surface area (Å²) in [7, 11) is 0. The van der Waals surface area contributed by atoms with Crippen molar-refractivity contribution in [1.29, 1.82) is 0 Å². The highest BCUT2D eigenvalue weighted by Gasteiger charge is 2.04. The third kappa shape index (κ3) is 3.84. The van der Waals surface area contributed by atoms with Crippen LogP contribution in [0.15, 0.2) is 36.7 Å². The van der Waals surface area contributed by atoms with Crippen molar-refractivity contribution in [3.63, 3.8) is 0 Å². The average molecular weight is 258 g/mol. The molecule has 0 radical (unpaired) electrons. The normalized spacial score (nSPS) is 10.4. The van der Waals surface area contributed by atoms with Crippen LogP contribution < -0.4 is 11.1 Å². The molecule has 2 rings (SSSR count). The fourth-order valence-electron chi connectivity index (χ4n) is 1.86. The van der Waals surface area contributed by atoms with E-state index in [0.717, 1.165) is 18.5 Å². The molecule has 1 amide bonds. The van der Waals surface area contributed by atoms with Crippen molar-refractivity contribution in [1.82, 2.24) is 9.78 Å². The zero-order valence-corrected chi connectivity index (χ0v) is 11.0. The van der Waals surface area contributed by atoms with Gasteiger partial charge in [0.15, 0.2) is 0 Å². The van der Waals surface area contributed by atoms with Gasteiger partial charge in [-0.15, -0.1) is 0 Å². The molecule has 19 heavy (non-hydrogen) atoms. The first-order valence-electron chi connectivity index (χ1n) is 6.34. The van der Waals surface area contributed by atoms with Crippen LogP contribution in [0.1, 0.15) is 18.9 Å². The zero-order valence-electron chi connectivity index (χ0n) is 11.0. The Morgan fingerprint density at radius 3 is 2.68 bits per heavy atom. The number of hydrogen-bond donors (Lipinski definition) is 2. The maximum absolute atomic E-state index is 11.8. The van der Waals surface area contributed by atoms with Gasteiger partial charge in [0.2, 0.25) is 5.91 Å². The lowest BCUT2D eigenvalue weighted by Crippen LogP contribution is -2.18. The van der Waals surface area contributed by atoms with E-state index in [9.17, 15) is 4.79 Å². The quantitative estimate of drug-likeness (QED) is 0.862. The maximum Gasteiger partial charge on any atom is 0.246 e. The highest BCUT2D eigenvalue weighted by atomic mass is 16.2. The Morgan fingerprint density at radius 2 is 2.11 bits per heavy atom. The Balaban J connectivity index is 1.91. The summed E-state index contributed by atoms with van der Waals surface area (Å²) in [5, 5.41) is 6.80. The molecule has 1 aromatic heterocycles. The number of anilines is 2. The molecular weight excluding hydrogens is 240 g/mol. The third-order valence-corrected chi connectivity index (χ3v) is 2.74. The summed E-state index contributed by atoms with van der Waals surface area (Å²) in [6.45, 7) is 2.30. The molecule has 0 atom stereocenters. The summed E-state index contributed by atoms with van der Waals surface area (Å²) in [5.41, 5.74) is 8.16. The minimum Gasteiger partial charge on any atom is -0.396 e. The van der Waals surface area contributed by atoms with Gasteiger partial charge in [0, 0.05) is 11.9 Å². The molecule has 0 unspecified atom stereocenters. The van der Waals surface area contributed by atoms with Gasteiger partial charge in [0.05, 0.1) is 11.9 Å². The SMILES string of the molecule is CCCc1ccc(NC(=O)Cn2cc(N)cn2)cc1. The number of amides is 1. The third-order valence-electron chi connectivity index (χ3n) is 2.74. The number of aryl methyl sites for hydroxylation is 1. The summed E-state index contributed by atoms with van der Waals surface area (Å²) in [6.07, 6.45) is 5.32. The van der Waals surface area contributed by atoms with Crippen LogP contribution in [0.5, 0.6) is 0 Å². The van der Waals surface area contributed by atoms with E-state index in [0.29, 0.717) is 5.69 Å². The van der Waals surface area contributed by atoms with E-state index >= 15 is 0 Å². The van der Waals surface area contributed by atoms with Gasteiger partial charge in [-0.1, -0.05) is 25.5 Å². The molecule has 100 valence electrons. The van der Waals surface area contributed by atoms with Crippen LogP contribution >= 0.6 is 0 Å². The molecule has 0 aliphatic carbocycles. The van der Waals surface area contributed by atoms with E-state index in [2.05, 4.69) is 17.3 Å². The van der Waals surface area contributed by atoms with Crippen molar-refractivity contribution in [3.05, 3.63) is 42.2 Å². The van der Waals surface area contributed by atoms with Gasteiger partial charge in [-0.25, -0.2) is 0 Å².